The van der Waals surface area contributed by atoms with Gasteiger partial charge in [0.1, 0.15) is 0 Å². The molecule has 0 radical (unpaired) electrons. The van der Waals surface area contributed by atoms with Crippen molar-refractivity contribution in [2.45, 2.75) is 31.8 Å². The second-order valence-corrected chi connectivity index (χ2v) is 6.11. The molecule has 0 saturated heterocycles. The molecule has 1 N–H and O–H groups in total. The highest BCUT2D eigenvalue weighted by Crippen LogP contribution is 2.42. The molecule has 1 fully saturated rings. The van der Waals surface area contributed by atoms with Gasteiger partial charge in [-0.15, -0.1) is 0 Å². The van der Waals surface area contributed by atoms with Crippen LogP contribution in [0.15, 0.2) is 54.6 Å². The molecule has 104 valence electrons. The summed E-state index contributed by atoms with van der Waals surface area (Å²) in [5.41, 5.74) is 2.64. The molecule has 0 aliphatic heterocycles. The number of benzene rings is 2. The number of hydrogen-bond donors (Lipinski definition) is 1. The molecule has 1 unspecified atom stereocenters. The Morgan fingerprint density at radius 1 is 1.00 bits per heavy atom. The normalized spacial score (nSPS) is 17.7. The maximum Gasteiger partial charge on any atom is 0.0409 e. The first-order chi connectivity index (χ1) is 9.74. The van der Waals surface area contributed by atoms with Crippen molar-refractivity contribution in [2.24, 2.45) is 5.92 Å². The molecule has 0 heterocycles. The summed E-state index contributed by atoms with van der Waals surface area (Å²) < 4.78 is 0. The molecule has 1 nitrogen and oxygen atoms in total. The SMILES string of the molecule is C[C@@H](NC(c1ccccc1)C1CC1)c1cccc(Cl)c1. The third kappa shape index (κ3) is 3.23. The van der Waals surface area contributed by atoms with Gasteiger partial charge in [0.25, 0.3) is 0 Å². The Hall–Kier alpha value is -1.31. The van der Waals surface area contributed by atoms with Crippen molar-refractivity contribution in [3.63, 3.8) is 0 Å². The second-order valence-electron chi connectivity index (χ2n) is 5.67. The predicted molar refractivity (Wildman–Crippen MR) is 84.9 cm³/mol. The third-order valence-corrected chi connectivity index (χ3v) is 4.27. The van der Waals surface area contributed by atoms with Crippen molar-refractivity contribution in [2.75, 3.05) is 0 Å². The Kier molecular flexibility index (Phi) is 4.09. The fourth-order valence-electron chi connectivity index (χ4n) is 2.74. The van der Waals surface area contributed by atoms with Gasteiger partial charge in [0.2, 0.25) is 0 Å². The summed E-state index contributed by atoms with van der Waals surface area (Å²) in [6, 6.07) is 19.6. The molecule has 3 rings (SSSR count). The average Bonchev–Trinajstić information content (AvgIpc) is 3.30. The third-order valence-electron chi connectivity index (χ3n) is 4.03. The van der Waals surface area contributed by atoms with E-state index in [1.807, 2.05) is 18.2 Å². The van der Waals surface area contributed by atoms with Gasteiger partial charge in [-0.2, -0.15) is 0 Å². The van der Waals surface area contributed by atoms with Crippen LogP contribution in [0.25, 0.3) is 0 Å². The average molecular weight is 286 g/mol. The zero-order valence-corrected chi connectivity index (χ0v) is 12.5. The Bertz CT molecular complexity index is 563. The maximum absolute atomic E-state index is 6.09. The lowest BCUT2D eigenvalue weighted by atomic mass is 9.99. The number of hydrogen-bond acceptors (Lipinski definition) is 1. The first-order valence-corrected chi connectivity index (χ1v) is 7.68. The summed E-state index contributed by atoms with van der Waals surface area (Å²) in [4.78, 5) is 0. The van der Waals surface area contributed by atoms with Gasteiger partial charge >= 0.3 is 0 Å². The van der Waals surface area contributed by atoms with Gasteiger partial charge in [0.15, 0.2) is 0 Å². The van der Waals surface area contributed by atoms with Gasteiger partial charge < -0.3 is 5.32 Å². The van der Waals surface area contributed by atoms with Gasteiger partial charge in [-0.25, -0.2) is 0 Å². The van der Waals surface area contributed by atoms with Crippen LogP contribution in [-0.2, 0) is 0 Å². The lowest BCUT2D eigenvalue weighted by molar-refractivity contribution is 0.427. The number of rotatable bonds is 5. The van der Waals surface area contributed by atoms with Crippen LogP contribution in [0.5, 0.6) is 0 Å². The zero-order valence-electron chi connectivity index (χ0n) is 11.7. The minimum Gasteiger partial charge on any atom is -0.303 e. The van der Waals surface area contributed by atoms with Gasteiger partial charge in [-0.3, -0.25) is 0 Å². The van der Waals surface area contributed by atoms with Crippen LogP contribution < -0.4 is 5.32 Å². The number of halogens is 1. The summed E-state index contributed by atoms with van der Waals surface area (Å²) in [5.74, 6) is 0.777. The standard InChI is InChI=1S/C18H20ClN/c1-13(16-8-5-9-17(19)12-16)20-18(15-10-11-15)14-6-3-2-4-7-14/h2-9,12-13,15,18,20H,10-11H2,1H3/t13-,18?/m1/s1. The van der Waals surface area contributed by atoms with Crippen LogP contribution in [0.2, 0.25) is 5.02 Å². The van der Waals surface area contributed by atoms with E-state index in [4.69, 9.17) is 11.6 Å². The summed E-state index contributed by atoms with van der Waals surface area (Å²) in [6.45, 7) is 2.21. The van der Waals surface area contributed by atoms with Crippen LogP contribution in [0.3, 0.4) is 0 Å². The largest absolute Gasteiger partial charge is 0.303 e. The summed E-state index contributed by atoms with van der Waals surface area (Å²) >= 11 is 6.09. The molecule has 0 amide bonds. The van der Waals surface area contributed by atoms with Crippen molar-refractivity contribution in [3.05, 3.63) is 70.7 Å². The van der Waals surface area contributed by atoms with Crippen LogP contribution in [0, 0.1) is 5.92 Å². The van der Waals surface area contributed by atoms with E-state index in [1.165, 1.54) is 24.0 Å². The van der Waals surface area contributed by atoms with Crippen LogP contribution in [-0.4, -0.2) is 0 Å². The minimum atomic E-state index is 0.305. The second kappa shape index (κ2) is 5.99. The van der Waals surface area contributed by atoms with E-state index in [9.17, 15) is 0 Å². The maximum atomic E-state index is 6.09. The van der Waals surface area contributed by atoms with Crippen molar-refractivity contribution in [1.82, 2.24) is 5.32 Å². The lowest BCUT2D eigenvalue weighted by Crippen LogP contribution is -2.26. The van der Waals surface area contributed by atoms with Crippen molar-refractivity contribution < 1.29 is 0 Å². The lowest BCUT2D eigenvalue weighted by Gasteiger charge is -2.24. The molecule has 1 saturated carbocycles. The van der Waals surface area contributed by atoms with Gasteiger partial charge in [-0.1, -0.05) is 54.1 Å². The molecule has 2 heteroatoms. The highest BCUT2D eigenvalue weighted by Gasteiger charge is 2.32. The highest BCUT2D eigenvalue weighted by molar-refractivity contribution is 6.30. The molecule has 0 bridgehead atoms. The predicted octanol–water partition coefficient (Wildman–Crippen LogP) is 5.14. The Balaban J connectivity index is 1.77. The first-order valence-electron chi connectivity index (χ1n) is 7.30. The smallest absolute Gasteiger partial charge is 0.0409 e. The summed E-state index contributed by atoms with van der Waals surface area (Å²) in [6.07, 6.45) is 2.66. The Morgan fingerprint density at radius 3 is 2.35 bits per heavy atom. The molecular weight excluding hydrogens is 266 g/mol. The monoisotopic (exact) mass is 285 g/mol. The van der Waals surface area contributed by atoms with E-state index >= 15 is 0 Å². The van der Waals surface area contributed by atoms with Crippen molar-refractivity contribution in [3.8, 4) is 0 Å². The van der Waals surface area contributed by atoms with Crippen LogP contribution in [0.1, 0.15) is 43.0 Å². The van der Waals surface area contributed by atoms with E-state index in [1.54, 1.807) is 0 Å². The molecule has 2 aromatic rings. The quantitative estimate of drug-likeness (QED) is 0.802. The molecule has 1 aliphatic rings. The first kappa shape index (κ1) is 13.7. The van der Waals surface area contributed by atoms with Crippen molar-refractivity contribution >= 4 is 11.6 Å². The Labute approximate surface area is 126 Å². The minimum absolute atomic E-state index is 0.305. The van der Waals surface area contributed by atoms with Gasteiger partial charge in [-0.05, 0) is 48.9 Å². The van der Waals surface area contributed by atoms with E-state index in [0.717, 1.165) is 10.9 Å². The zero-order chi connectivity index (χ0) is 13.9. The molecule has 0 aromatic heterocycles. The number of nitrogens with one attached hydrogen (secondary N) is 1. The van der Waals surface area contributed by atoms with E-state index in [2.05, 4.69) is 48.6 Å². The van der Waals surface area contributed by atoms with Gasteiger partial charge in [0, 0.05) is 17.1 Å². The molecule has 20 heavy (non-hydrogen) atoms. The Morgan fingerprint density at radius 2 is 1.70 bits per heavy atom. The molecule has 1 aliphatic carbocycles. The fourth-order valence-corrected chi connectivity index (χ4v) is 2.93. The van der Waals surface area contributed by atoms with Crippen LogP contribution >= 0.6 is 11.6 Å². The molecule has 2 aromatic carbocycles. The molecule has 0 spiro atoms. The fraction of sp³-hybridized carbons (Fsp3) is 0.333. The molecule has 2 atom stereocenters. The van der Waals surface area contributed by atoms with E-state index < -0.39 is 0 Å². The summed E-state index contributed by atoms with van der Waals surface area (Å²) in [5, 5.41) is 4.58. The topological polar surface area (TPSA) is 12.0 Å². The molecular formula is C18H20ClN. The highest BCUT2D eigenvalue weighted by atomic mass is 35.5. The van der Waals surface area contributed by atoms with Gasteiger partial charge in [0.05, 0.1) is 0 Å². The van der Waals surface area contributed by atoms with E-state index in [-0.39, 0.29) is 0 Å². The van der Waals surface area contributed by atoms with E-state index in [0.29, 0.717) is 12.1 Å². The van der Waals surface area contributed by atoms with Crippen LogP contribution in [0.4, 0.5) is 0 Å². The summed E-state index contributed by atoms with van der Waals surface area (Å²) in [7, 11) is 0. The van der Waals surface area contributed by atoms with Crippen molar-refractivity contribution in [1.29, 1.82) is 0 Å².